The second kappa shape index (κ2) is 5.94. The van der Waals surface area contributed by atoms with Crippen molar-refractivity contribution in [2.24, 2.45) is 23.3 Å². The van der Waals surface area contributed by atoms with Crippen LogP contribution in [-0.4, -0.2) is 30.4 Å². The van der Waals surface area contributed by atoms with E-state index < -0.39 is 11.4 Å². The Kier molecular flexibility index (Phi) is 4.45. The summed E-state index contributed by atoms with van der Waals surface area (Å²) in [5.74, 6) is 0.948. The van der Waals surface area contributed by atoms with Crippen LogP contribution >= 0.6 is 0 Å². The van der Waals surface area contributed by atoms with Crippen LogP contribution in [0.5, 0.6) is 0 Å². The van der Waals surface area contributed by atoms with Gasteiger partial charge in [0.25, 0.3) is 0 Å². The molecule has 4 nitrogen and oxygen atoms in total. The van der Waals surface area contributed by atoms with Gasteiger partial charge in [-0.3, -0.25) is 4.79 Å². The number of hydrogen-bond acceptors (Lipinski definition) is 3. The van der Waals surface area contributed by atoms with E-state index in [1.165, 1.54) is 0 Å². The molecule has 20 heavy (non-hydrogen) atoms. The summed E-state index contributed by atoms with van der Waals surface area (Å²) in [6.45, 7) is 7.50. The van der Waals surface area contributed by atoms with Gasteiger partial charge in [-0.2, -0.15) is 0 Å². The number of carbonyl (C=O) groups is 1. The van der Waals surface area contributed by atoms with Gasteiger partial charge >= 0.3 is 0 Å². The zero-order valence-electron chi connectivity index (χ0n) is 12.4. The molecule has 110 valence electrons. The number of benzene rings is 1. The summed E-state index contributed by atoms with van der Waals surface area (Å²) in [6, 6.07) is 9.44. The van der Waals surface area contributed by atoms with Gasteiger partial charge in [0, 0.05) is 19.6 Å². The Morgan fingerprint density at radius 3 is 2.30 bits per heavy atom. The van der Waals surface area contributed by atoms with Crippen LogP contribution in [0, 0.1) is 11.8 Å². The molecule has 1 fully saturated rings. The lowest BCUT2D eigenvalue weighted by molar-refractivity contribution is -0.123. The summed E-state index contributed by atoms with van der Waals surface area (Å²) in [5.41, 5.74) is 11.6. The van der Waals surface area contributed by atoms with Crippen molar-refractivity contribution in [1.82, 2.24) is 4.90 Å². The van der Waals surface area contributed by atoms with E-state index in [0.29, 0.717) is 18.3 Å². The molecule has 0 spiro atoms. The minimum atomic E-state index is -1.07. The number of nitrogens with zero attached hydrogens (tertiary/aromatic N) is 1. The Hall–Kier alpha value is -1.39. The molecular weight excluding hydrogens is 250 g/mol. The lowest BCUT2D eigenvalue weighted by atomic mass is 9.87. The van der Waals surface area contributed by atoms with E-state index >= 15 is 0 Å². The molecule has 1 aliphatic heterocycles. The van der Waals surface area contributed by atoms with Gasteiger partial charge in [-0.1, -0.05) is 44.2 Å². The van der Waals surface area contributed by atoms with Gasteiger partial charge in [0.05, 0.1) is 0 Å². The fraction of sp³-hybridized carbons (Fsp3) is 0.562. The number of rotatable bonds is 5. The summed E-state index contributed by atoms with van der Waals surface area (Å²) in [5, 5.41) is 0. The van der Waals surface area contributed by atoms with Gasteiger partial charge in [0.15, 0.2) is 0 Å². The normalized spacial score (nSPS) is 26.4. The second-order valence-electron chi connectivity index (χ2n) is 6.17. The molecule has 1 saturated heterocycles. The van der Waals surface area contributed by atoms with Crippen molar-refractivity contribution in [3.05, 3.63) is 35.9 Å². The molecule has 0 radical (unpaired) electrons. The number of primary amides is 1. The maximum absolute atomic E-state index is 11.8. The smallest absolute Gasteiger partial charge is 0.242 e. The first-order chi connectivity index (χ1) is 9.43. The number of nitrogens with two attached hydrogens (primary N) is 2. The fourth-order valence-corrected chi connectivity index (χ4v) is 2.91. The minimum absolute atomic E-state index is 0.455. The Morgan fingerprint density at radius 1 is 1.25 bits per heavy atom. The lowest BCUT2D eigenvalue weighted by Gasteiger charge is -2.29. The van der Waals surface area contributed by atoms with E-state index in [0.717, 1.165) is 25.2 Å². The number of hydrogen-bond donors (Lipinski definition) is 2. The first-order valence-corrected chi connectivity index (χ1v) is 7.30. The summed E-state index contributed by atoms with van der Waals surface area (Å²) >= 11 is 0. The molecule has 1 amide bonds. The number of carbonyl (C=O) groups excluding carboxylic acids is 1. The predicted molar refractivity (Wildman–Crippen MR) is 80.9 cm³/mol. The third-order valence-electron chi connectivity index (χ3n) is 4.61. The quantitative estimate of drug-likeness (QED) is 0.851. The van der Waals surface area contributed by atoms with Gasteiger partial charge in [-0.25, -0.2) is 0 Å². The maximum atomic E-state index is 11.8. The third-order valence-corrected chi connectivity index (χ3v) is 4.61. The van der Waals surface area contributed by atoms with Crippen LogP contribution in [-0.2, 0) is 10.3 Å². The van der Waals surface area contributed by atoms with Gasteiger partial charge in [-0.05, 0) is 23.8 Å². The minimum Gasteiger partial charge on any atom is -0.368 e. The third kappa shape index (κ3) is 3.02. The van der Waals surface area contributed by atoms with E-state index in [1.54, 1.807) is 0 Å². The van der Waals surface area contributed by atoms with Crippen molar-refractivity contribution in [2.45, 2.75) is 25.8 Å². The number of amides is 1. The molecule has 0 bridgehead atoms. The molecule has 0 aromatic heterocycles. The molecule has 2 rings (SSSR count). The number of likely N-dealkylation sites (tertiary alicyclic amines) is 1. The second-order valence-corrected chi connectivity index (χ2v) is 6.17. The Balaban J connectivity index is 2.06. The Morgan fingerprint density at radius 2 is 1.80 bits per heavy atom. The topological polar surface area (TPSA) is 72.3 Å². The molecule has 1 aromatic rings. The summed E-state index contributed by atoms with van der Waals surface area (Å²) in [7, 11) is 0. The molecule has 0 aliphatic carbocycles. The maximum Gasteiger partial charge on any atom is 0.242 e. The van der Waals surface area contributed by atoms with E-state index in [9.17, 15) is 4.79 Å². The molecule has 1 aliphatic rings. The molecule has 4 heteroatoms. The summed E-state index contributed by atoms with van der Waals surface area (Å²) in [4.78, 5) is 14.2. The van der Waals surface area contributed by atoms with Crippen molar-refractivity contribution in [3.8, 4) is 0 Å². The summed E-state index contributed by atoms with van der Waals surface area (Å²) < 4.78 is 0. The molecule has 1 heterocycles. The van der Waals surface area contributed by atoms with Crippen LogP contribution in [0.2, 0.25) is 0 Å². The van der Waals surface area contributed by atoms with Crippen LogP contribution < -0.4 is 11.5 Å². The van der Waals surface area contributed by atoms with Gasteiger partial charge in [0.2, 0.25) is 5.91 Å². The Bertz CT molecular complexity index is 452. The van der Waals surface area contributed by atoms with E-state index in [4.69, 9.17) is 11.5 Å². The van der Waals surface area contributed by atoms with Crippen LogP contribution in [0.25, 0.3) is 0 Å². The average Bonchev–Trinajstić information content (AvgIpc) is 2.76. The fourth-order valence-electron chi connectivity index (χ4n) is 2.91. The summed E-state index contributed by atoms with van der Waals surface area (Å²) in [6.07, 6.45) is 0.561. The van der Waals surface area contributed by atoms with E-state index in [1.807, 2.05) is 30.3 Å². The zero-order valence-corrected chi connectivity index (χ0v) is 12.4. The largest absolute Gasteiger partial charge is 0.368 e. The average molecular weight is 275 g/mol. The van der Waals surface area contributed by atoms with Crippen molar-refractivity contribution < 1.29 is 4.79 Å². The molecular formula is C16H25N3O. The van der Waals surface area contributed by atoms with E-state index in [-0.39, 0.29) is 0 Å². The standard InChI is InChI=1S/C16H25N3O/c1-12-10-19(11-13(12)2)9-8-16(18,15(17)20)14-6-4-3-5-7-14/h3-7,12-13H,8-11,18H2,1-2H3,(H2,17,20). The van der Waals surface area contributed by atoms with Crippen molar-refractivity contribution in [1.29, 1.82) is 0 Å². The van der Waals surface area contributed by atoms with Crippen LogP contribution in [0.15, 0.2) is 30.3 Å². The highest BCUT2D eigenvalue weighted by molar-refractivity contribution is 5.85. The van der Waals surface area contributed by atoms with Crippen LogP contribution in [0.3, 0.4) is 0 Å². The molecule has 3 atom stereocenters. The predicted octanol–water partition coefficient (Wildman–Crippen LogP) is 1.30. The van der Waals surface area contributed by atoms with Crippen molar-refractivity contribution in [3.63, 3.8) is 0 Å². The van der Waals surface area contributed by atoms with Crippen molar-refractivity contribution in [2.75, 3.05) is 19.6 Å². The van der Waals surface area contributed by atoms with E-state index in [2.05, 4.69) is 18.7 Å². The first kappa shape index (κ1) is 15.0. The van der Waals surface area contributed by atoms with Gasteiger partial charge in [0.1, 0.15) is 5.54 Å². The van der Waals surface area contributed by atoms with Crippen LogP contribution in [0.1, 0.15) is 25.8 Å². The highest BCUT2D eigenvalue weighted by Crippen LogP contribution is 2.26. The highest BCUT2D eigenvalue weighted by Gasteiger charge is 2.35. The monoisotopic (exact) mass is 275 g/mol. The molecule has 1 aromatic carbocycles. The zero-order chi connectivity index (χ0) is 14.8. The molecule has 0 saturated carbocycles. The van der Waals surface area contributed by atoms with Gasteiger partial charge in [-0.15, -0.1) is 0 Å². The van der Waals surface area contributed by atoms with Gasteiger partial charge < -0.3 is 16.4 Å². The lowest BCUT2D eigenvalue weighted by Crippen LogP contribution is -2.50. The molecule has 3 unspecified atom stereocenters. The van der Waals surface area contributed by atoms with Crippen molar-refractivity contribution >= 4 is 5.91 Å². The van der Waals surface area contributed by atoms with Crippen LogP contribution in [0.4, 0.5) is 0 Å². The first-order valence-electron chi connectivity index (χ1n) is 7.30. The molecule has 4 N–H and O–H groups in total. The SMILES string of the molecule is CC1CN(CCC(N)(C(N)=O)c2ccccc2)CC1C. The Labute approximate surface area is 121 Å². The highest BCUT2D eigenvalue weighted by atomic mass is 16.1.